The Morgan fingerprint density at radius 3 is 1.59 bits per heavy atom. The van der Waals surface area contributed by atoms with E-state index in [1.807, 2.05) is 0 Å². The van der Waals surface area contributed by atoms with E-state index in [9.17, 15) is 5.21 Å². The third kappa shape index (κ3) is 19.8. The molecule has 0 radical (unpaired) electrons. The van der Waals surface area contributed by atoms with Crippen LogP contribution in [0.5, 0.6) is 0 Å². The van der Waals surface area contributed by atoms with Gasteiger partial charge in [-0.2, -0.15) is 0 Å². The SMILES string of the molecule is CCCCCCCCCCCCOCCOCC[N+](C)(C)[O-]. The summed E-state index contributed by atoms with van der Waals surface area (Å²) in [7, 11) is 3.26. The summed E-state index contributed by atoms with van der Waals surface area (Å²) in [6.07, 6.45) is 13.5. The van der Waals surface area contributed by atoms with Gasteiger partial charge in [-0.3, -0.25) is 0 Å². The highest BCUT2D eigenvalue weighted by molar-refractivity contribution is 4.47. The number of hydrogen-bond donors (Lipinski definition) is 0. The van der Waals surface area contributed by atoms with Crippen LogP contribution in [0.15, 0.2) is 0 Å². The molecular formula is C18H39NO3. The van der Waals surface area contributed by atoms with Crippen molar-refractivity contribution in [3.05, 3.63) is 5.21 Å². The fourth-order valence-electron chi connectivity index (χ4n) is 2.30. The molecule has 0 rings (SSSR count). The van der Waals surface area contributed by atoms with Crippen LogP contribution in [0.1, 0.15) is 71.1 Å². The summed E-state index contributed by atoms with van der Waals surface area (Å²) in [6.45, 7) is 5.35. The fraction of sp³-hybridized carbons (Fsp3) is 1.00. The van der Waals surface area contributed by atoms with Crippen molar-refractivity contribution in [3.8, 4) is 0 Å². The van der Waals surface area contributed by atoms with Crippen LogP contribution in [0.3, 0.4) is 0 Å². The number of unbranched alkanes of at least 4 members (excludes halogenated alkanes) is 9. The summed E-state index contributed by atoms with van der Waals surface area (Å²) in [5.74, 6) is 0. The quantitative estimate of drug-likeness (QED) is 0.225. The second-order valence-corrected chi connectivity index (χ2v) is 6.70. The van der Waals surface area contributed by atoms with E-state index in [0.717, 1.165) is 13.0 Å². The Bertz CT molecular complexity index is 217. The average molecular weight is 318 g/mol. The van der Waals surface area contributed by atoms with Crippen LogP contribution >= 0.6 is 0 Å². The highest BCUT2D eigenvalue weighted by Gasteiger charge is 2.00. The molecule has 0 aromatic heterocycles. The first-order valence-corrected chi connectivity index (χ1v) is 9.26. The molecular weight excluding hydrogens is 278 g/mol. The predicted molar refractivity (Wildman–Crippen MR) is 93.8 cm³/mol. The zero-order valence-electron chi connectivity index (χ0n) is 15.3. The van der Waals surface area contributed by atoms with Gasteiger partial charge in [0.1, 0.15) is 6.54 Å². The van der Waals surface area contributed by atoms with E-state index < -0.39 is 0 Å². The standard InChI is InChI=1S/C18H39NO3/c1-4-5-6-7-8-9-10-11-12-13-15-21-17-18-22-16-14-19(2,3)20/h4-18H2,1-3H3. The second-order valence-electron chi connectivity index (χ2n) is 6.70. The van der Waals surface area contributed by atoms with E-state index in [2.05, 4.69) is 6.92 Å². The van der Waals surface area contributed by atoms with Gasteiger partial charge >= 0.3 is 0 Å². The highest BCUT2D eigenvalue weighted by atomic mass is 16.6. The molecule has 0 bridgehead atoms. The molecule has 4 nitrogen and oxygen atoms in total. The maximum atomic E-state index is 11.3. The van der Waals surface area contributed by atoms with Gasteiger partial charge in [0.15, 0.2) is 0 Å². The van der Waals surface area contributed by atoms with Gasteiger partial charge in [0.05, 0.1) is 33.9 Å². The van der Waals surface area contributed by atoms with E-state index in [4.69, 9.17) is 9.47 Å². The van der Waals surface area contributed by atoms with Crippen LogP contribution in [0.2, 0.25) is 0 Å². The monoisotopic (exact) mass is 317 g/mol. The molecule has 0 aromatic carbocycles. The van der Waals surface area contributed by atoms with Crippen molar-refractivity contribution < 1.29 is 14.1 Å². The van der Waals surface area contributed by atoms with Crippen LogP contribution in [0.25, 0.3) is 0 Å². The van der Waals surface area contributed by atoms with E-state index >= 15 is 0 Å². The number of ether oxygens (including phenoxy) is 2. The van der Waals surface area contributed by atoms with Gasteiger partial charge in [0, 0.05) is 6.61 Å². The first-order chi connectivity index (χ1) is 10.6. The molecule has 0 saturated heterocycles. The normalized spacial score (nSPS) is 12.0. The van der Waals surface area contributed by atoms with Gasteiger partial charge in [0.25, 0.3) is 0 Å². The number of rotatable bonds is 17. The zero-order valence-corrected chi connectivity index (χ0v) is 15.3. The first kappa shape index (κ1) is 21.8. The lowest BCUT2D eigenvalue weighted by Gasteiger charge is -2.33. The Hall–Kier alpha value is -0.160. The Kier molecular flexibility index (Phi) is 15.6. The number of hydroxylamine groups is 3. The summed E-state index contributed by atoms with van der Waals surface area (Å²) in [6, 6.07) is 0. The Morgan fingerprint density at radius 1 is 0.636 bits per heavy atom. The lowest BCUT2D eigenvalue weighted by atomic mass is 10.1. The number of hydrogen-bond acceptors (Lipinski definition) is 3. The van der Waals surface area contributed by atoms with E-state index in [-0.39, 0.29) is 4.65 Å². The third-order valence-electron chi connectivity index (χ3n) is 3.79. The number of likely N-dealkylation sites (N-methyl/N-ethyl adjacent to an activating group) is 1. The molecule has 0 fully saturated rings. The summed E-state index contributed by atoms with van der Waals surface area (Å²) >= 11 is 0. The minimum absolute atomic E-state index is 0.292. The average Bonchev–Trinajstić information content (AvgIpc) is 2.45. The molecule has 0 N–H and O–H groups in total. The molecule has 134 valence electrons. The van der Waals surface area contributed by atoms with Crippen molar-refractivity contribution >= 4 is 0 Å². The van der Waals surface area contributed by atoms with Crippen molar-refractivity contribution in [1.29, 1.82) is 0 Å². The van der Waals surface area contributed by atoms with E-state index in [1.165, 1.54) is 57.8 Å². The topological polar surface area (TPSA) is 41.5 Å². The minimum Gasteiger partial charge on any atom is -0.633 e. The molecule has 22 heavy (non-hydrogen) atoms. The number of quaternary nitrogens is 1. The van der Waals surface area contributed by atoms with Crippen molar-refractivity contribution in [2.75, 3.05) is 47.1 Å². The minimum atomic E-state index is -0.292. The van der Waals surface area contributed by atoms with Crippen LogP contribution in [-0.2, 0) is 9.47 Å². The van der Waals surface area contributed by atoms with Crippen LogP contribution in [0.4, 0.5) is 0 Å². The van der Waals surface area contributed by atoms with Gasteiger partial charge in [-0.05, 0) is 6.42 Å². The lowest BCUT2D eigenvalue weighted by Crippen LogP contribution is -2.35. The summed E-state index contributed by atoms with van der Waals surface area (Å²) in [5, 5.41) is 11.3. The zero-order chi connectivity index (χ0) is 16.5. The molecule has 0 aliphatic heterocycles. The largest absolute Gasteiger partial charge is 0.633 e. The van der Waals surface area contributed by atoms with Gasteiger partial charge in [-0.15, -0.1) is 0 Å². The molecule has 0 aromatic rings. The third-order valence-corrected chi connectivity index (χ3v) is 3.79. The predicted octanol–water partition coefficient (Wildman–Crippen LogP) is 4.51. The summed E-state index contributed by atoms with van der Waals surface area (Å²) in [5.41, 5.74) is 0. The Morgan fingerprint density at radius 2 is 1.09 bits per heavy atom. The molecule has 0 amide bonds. The fourth-order valence-corrected chi connectivity index (χ4v) is 2.30. The lowest BCUT2D eigenvalue weighted by molar-refractivity contribution is -0.840. The van der Waals surface area contributed by atoms with E-state index in [1.54, 1.807) is 14.1 Å². The molecule has 0 atom stereocenters. The van der Waals surface area contributed by atoms with Gasteiger partial charge in [0.2, 0.25) is 0 Å². The first-order valence-electron chi connectivity index (χ1n) is 9.26. The summed E-state index contributed by atoms with van der Waals surface area (Å²) < 4.78 is 10.6. The van der Waals surface area contributed by atoms with Gasteiger partial charge in [-0.1, -0.05) is 64.7 Å². The molecule has 0 aliphatic rings. The molecule has 0 heterocycles. The van der Waals surface area contributed by atoms with Crippen molar-refractivity contribution in [1.82, 2.24) is 0 Å². The molecule has 0 unspecified atom stereocenters. The van der Waals surface area contributed by atoms with Crippen LogP contribution < -0.4 is 0 Å². The van der Waals surface area contributed by atoms with E-state index in [0.29, 0.717) is 26.4 Å². The maximum absolute atomic E-state index is 11.3. The molecule has 0 aliphatic carbocycles. The van der Waals surface area contributed by atoms with Crippen LogP contribution in [-0.4, -0.2) is 51.7 Å². The maximum Gasteiger partial charge on any atom is 0.102 e. The van der Waals surface area contributed by atoms with Crippen molar-refractivity contribution in [2.45, 2.75) is 71.1 Å². The Balaban J connectivity index is 3.00. The molecule has 0 saturated carbocycles. The smallest absolute Gasteiger partial charge is 0.102 e. The number of nitrogens with zero attached hydrogens (tertiary/aromatic N) is 1. The summed E-state index contributed by atoms with van der Waals surface area (Å²) in [4.78, 5) is 0. The Labute approximate surface area is 138 Å². The molecule has 0 spiro atoms. The van der Waals surface area contributed by atoms with Crippen molar-refractivity contribution in [3.63, 3.8) is 0 Å². The van der Waals surface area contributed by atoms with Gasteiger partial charge < -0.3 is 19.3 Å². The van der Waals surface area contributed by atoms with Gasteiger partial charge in [-0.25, -0.2) is 0 Å². The highest BCUT2D eigenvalue weighted by Crippen LogP contribution is 2.10. The van der Waals surface area contributed by atoms with Crippen molar-refractivity contribution in [2.24, 2.45) is 0 Å². The molecule has 4 heteroatoms. The van der Waals surface area contributed by atoms with Crippen LogP contribution in [0, 0.1) is 5.21 Å². The second kappa shape index (κ2) is 15.7.